The van der Waals surface area contributed by atoms with Crippen molar-refractivity contribution in [1.82, 2.24) is 0 Å². The summed E-state index contributed by atoms with van der Waals surface area (Å²) in [5, 5.41) is 9.71. The Morgan fingerprint density at radius 2 is 2.05 bits per heavy atom. The fraction of sp³-hybridized carbons (Fsp3) is 0.812. The Morgan fingerprint density at radius 1 is 1.45 bits per heavy atom. The van der Waals surface area contributed by atoms with E-state index in [1.54, 1.807) is 0 Å². The van der Waals surface area contributed by atoms with Crippen LogP contribution in [0.4, 0.5) is 0 Å². The van der Waals surface area contributed by atoms with Crippen LogP contribution in [-0.2, 0) is 18.7 Å². The highest BCUT2D eigenvalue weighted by molar-refractivity contribution is 6.74. The highest BCUT2D eigenvalue weighted by Gasteiger charge is 2.44. The predicted molar refractivity (Wildman–Crippen MR) is 88.2 cm³/mol. The lowest BCUT2D eigenvalue weighted by Gasteiger charge is -2.44. The molecule has 0 bridgehead atoms. The number of esters is 1. The van der Waals surface area contributed by atoms with Gasteiger partial charge in [0.05, 0.1) is 32.3 Å². The number of ether oxygens (including phenoxy) is 2. The summed E-state index contributed by atoms with van der Waals surface area (Å²) in [6, 6.07) is 0. The molecule has 1 aliphatic rings. The molecule has 0 spiro atoms. The van der Waals surface area contributed by atoms with E-state index in [1.807, 2.05) is 0 Å². The molecule has 1 aliphatic heterocycles. The topological polar surface area (TPSA) is 65.0 Å². The van der Waals surface area contributed by atoms with Crippen LogP contribution >= 0.6 is 0 Å². The molecule has 1 saturated heterocycles. The van der Waals surface area contributed by atoms with Crippen LogP contribution < -0.4 is 0 Å². The van der Waals surface area contributed by atoms with Crippen LogP contribution in [0.15, 0.2) is 12.2 Å². The lowest BCUT2D eigenvalue weighted by Crippen LogP contribution is -2.52. The van der Waals surface area contributed by atoms with Crippen molar-refractivity contribution in [1.29, 1.82) is 0 Å². The van der Waals surface area contributed by atoms with E-state index in [-0.39, 0.29) is 36.2 Å². The second-order valence-electron chi connectivity index (χ2n) is 7.42. The maximum Gasteiger partial charge on any atom is 0.308 e. The zero-order valence-corrected chi connectivity index (χ0v) is 15.6. The second kappa shape index (κ2) is 7.25. The Balaban J connectivity index is 2.81. The Kier molecular flexibility index (Phi) is 6.38. The number of methoxy groups -OCH3 is 1. The van der Waals surface area contributed by atoms with Gasteiger partial charge >= 0.3 is 5.97 Å². The quantitative estimate of drug-likeness (QED) is 0.477. The average Bonchev–Trinajstić information content (AvgIpc) is 2.39. The van der Waals surface area contributed by atoms with Crippen LogP contribution in [0.2, 0.25) is 18.1 Å². The smallest absolute Gasteiger partial charge is 0.308 e. The average molecular weight is 330 g/mol. The summed E-state index contributed by atoms with van der Waals surface area (Å²) in [5.41, 5.74) is 0.879. The molecule has 0 amide bonds. The lowest BCUT2D eigenvalue weighted by molar-refractivity contribution is -0.150. The fourth-order valence-electron chi connectivity index (χ4n) is 2.22. The van der Waals surface area contributed by atoms with E-state index < -0.39 is 14.4 Å². The molecule has 1 rings (SSSR count). The minimum atomic E-state index is -2.00. The predicted octanol–water partition coefficient (Wildman–Crippen LogP) is 2.65. The van der Waals surface area contributed by atoms with Crippen molar-refractivity contribution in [2.24, 2.45) is 0 Å². The van der Waals surface area contributed by atoms with Gasteiger partial charge in [0.2, 0.25) is 0 Å². The summed E-state index contributed by atoms with van der Waals surface area (Å²) in [6.45, 7) is 14.8. The lowest BCUT2D eigenvalue weighted by atomic mass is 9.95. The Labute approximate surface area is 134 Å². The van der Waals surface area contributed by atoms with Gasteiger partial charge in [0.25, 0.3) is 0 Å². The summed E-state index contributed by atoms with van der Waals surface area (Å²) in [7, 11) is -0.643. The molecule has 0 saturated carbocycles. The van der Waals surface area contributed by atoms with E-state index in [0.717, 1.165) is 5.57 Å². The Bertz CT molecular complexity index is 413. The molecular formula is C16H30O5Si. The van der Waals surface area contributed by atoms with Gasteiger partial charge in [-0.3, -0.25) is 4.79 Å². The molecule has 0 aliphatic carbocycles. The van der Waals surface area contributed by atoms with Crippen LogP contribution in [0.3, 0.4) is 0 Å². The van der Waals surface area contributed by atoms with Crippen LogP contribution in [0.1, 0.15) is 33.6 Å². The third-order valence-electron chi connectivity index (χ3n) is 4.63. The van der Waals surface area contributed by atoms with Crippen molar-refractivity contribution in [3.8, 4) is 0 Å². The zero-order valence-electron chi connectivity index (χ0n) is 14.6. The summed E-state index contributed by atoms with van der Waals surface area (Å²) in [5.74, 6) is -0.321. The molecule has 1 N–H and O–H groups in total. The number of carbonyl (C=O) groups is 1. The van der Waals surface area contributed by atoms with Crippen molar-refractivity contribution in [2.45, 2.75) is 70.1 Å². The van der Waals surface area contributed by atoms with Gasteiger partial charge in [-0.25, -0.2) is 0 Å². The SMILES string of the molecule is C=C1C[C@@H](CC(=O)OC)O[C@H](CO)C1O[Si](C)(C)C(C)(C)C. The van der Waals surface area contributed by atoms with Crippen molar-refractivity contribution in [3.63, 3.8) is 0 Å². The molecule has 1 unspecified atom stereocenters. The normalized spacial score (nSPS) is 26.9. The van der Waals surface area contributed by atoms with E-state index in [0.29, 0.717) is 6.42 Å². The van der Waals surface area contributed by atoms with E-state index in [1.165, 1.54) is 7.11 Å². The van der Waals surface area contributed by atoms with Crippen LogP contribution in [0.25, 0.3) is 0 Å². The third-order valence-corrected chi connectivity index (χ3v) is 9.08. The van der Waals surface area contributed by atoms with E-state index in [9.17, 15) is 9.90 Å². The van der Waals surface area contributed by atoms with E-state index >= 15 is 0 Å². The van der Waals surface area contributed by atoms with Gasteiger partial charge in [-0.05, 0) is 30.1 Å². The molecule has 6 heteroatoms. The van der Waals surface area contributed by atoms with Gasteiger partial charge in [0.1, 0.15) is 6.10 Å². The first-order chi connectivity index (χ1) is 10.0. The van der Waals surface area contributed by atoms with Crippen LogP contribution in [0.5, 0.6) is 0 Å². The summed E-state index contributed by atoms with van der Waals surface area (Å²) < 4.78 is 16.9. The molecule has 5 nitrogen and oxygen atoms in total. The Hall–Kier alpha value is -0.693. The zero-order chi connectivity index (χ0) is 17.1. The number of aliphatic hydroxyl groups excluding tert-OH is 1. The molecule has 128 valence electrons. The second-order valence-corrected chi connectivity index (χ2v) is 12.2. The van der Waals surface area contributed by atoms with Gasteiger partial charge in [-0.1, -0.05) is 27.4 Å². The van der Waals surface area contributed by atoms with Gasteiger partial charge in [0.15, 0.2) is 8.32 Å². The molecule has 0 aromatic carbocycles. The fourth-order valence-corrected chi connectivity index (χ4v) is 3.53. The molecular weight excluding hydrogens is 300 g/mol. The molecule has 0 aromatic rings. The first-order valence-electron chi connectivity index (χ1n) is 7.70. The number of rotatable bonds is 5. The monoisotopic (exact) mass is 330 g/mol. The highest BCUT2D eigenvalue weighted by atomic mass is 28.4. The highest BCUT2D eigenvalue weighted by Crippen LogP contribution is 2.40. The van der Waals surface area contributed by atoms with Gasteiger partial charge in [0, 0.05) is 0 Å². The molecule has 3 atom stereocenters. The number of hydrogen-bond donors (Lipinski definition) is 1. The van der Waals surface area contributed by atoms with Gasteiger partial charge in [-0.15, -0.1) is 0 Å². The largest absolute Gasteiger partial charge is 0.469 e. The summed E-state index contributed by atoms with van der Waals surface area (Å²) >= 11 is 0. The van der Waals surface area contributed by atoms with Crippen molar-refractivity contribution in [2.75, 3.05) is 13.7 Å². The molecule has 1 heterocycles. The van der Waals surface area contributed by atoms with Crippen molar-refractivity contribution < 1.29 is 23.8 Å². The minimum Gasteiger partial charge on any atom is -0.469 e. The molecule has 1 fully saturated rings. The van der Waals surface area contributed by atoms with Gasteiger partial charge in [-0.2, -0.15) is 0 Å². The van der Waals surface area contributed by atoms with Crippen LogP contribution in [-0.4, -0.2) is 51.4 Å². The number of hydrogen-bond acceptors (Lipinski definition) is 5. The Morgan fingerprint density at radius 3 is 2.50 bits per heavy atom. The van der Waals surface area contributed by atoms with Gasteiger partial charge < -0.3 is 19.0 Å². The van der Waals surface area contributed by atoms with E-state index in [4.69, 9.17) is 9.16 Å². The molecule has 22 heavy (non-hydrogen) atoms. The number of aliphatic hydroxyl groups is 1. The summed E-state index contributed by atoms with van der Waals surface area (Å²) in [4.78, 5) is 11.4. The first kappa shape index (κ1) is 19.4. The number of carbonyl (C=O) groups excluding carboxylic acids is 1. The standard InChI is InChI=1S/C16H30O5Si/c1-11-8-12(9-14(18)19-5)20-13(10-17)15(11)21-22(6,7)16(2,3)4/h12-13,15,17H,1,8-10H2,2-7H3/t12-,13+,15?/m0/s1. The van der Waals surface area contributed by atoms with Crippen LogP contribution in [0, 0.1) is 0 Å². The van der Waals surface area contributed by atoms with E-state index in [2.05, 4.69) is 45.2 Å². The minimum absolute atomic E-state index is 0.0656. The van der Waals surface area contributed by atoms with Crippen molar-refractivity contribution >= 4 is 14.3 Å². The first-order valence-corrected chi connectivity index (χ1v) is 10.6. The van der Waals surface area contributed by atoms with Crippen molar-refractivity contribution in [3.05, 3.63) is 12.2 Å². The maximum atomic E-state index is 11.4. The molecule has 0 radical (unpaired) electrons. The molecule has 0 aromatic heterocycles. The maximum absolute atomic E-state index is 11.4. The third kappa shape index (κ3) is 4.65. The summed E-state index contributed by atoms with van der Waals surface area (Å²) in [6.07, 6.45) is -0.398.